The summed E-state index contributed by atoms with van der Waals surface area (Å²) >= 11 is 5.81. The maximum atomic E-state index is 13.3. The lowest BCUT2D eigenvalue weighted by molar-refractivity contribution is 0.178. The van der Waals surface area contributed by atoms with Crippen molar-refractivity contribution in [1.29, 1.82) is 0 Å². The van der Waals surface area contributed by atoms with E-state index < -0.39 is 5.82 Å². The van der Waals surface area contributed by atoms with Crippen LogP contribution in [-0.2, 0) is 11.3 Å². The number of halogens is 2. The fourth-order valence-electron chi connectivity index (χ4n) is 1.66. The maximum absolute atomic E-state index is 13.3. The summed E-state index contributed by atoms with van der Waals surface area (Å²) in [5, 5.41) is 6.23. The summed E-state index contributed by atoms with van der Waals surface area (Å²) in [6.45, 7) is 0.286. The summed E-state index contributed by atoms with van der Waals surface area (Å²) in [7, 11) is 3.32. The summed E-state index contributed by atoms with van der Waals surface area (Å²) in [6, 6.07) is 5.89. The lowest BCUT2D eigenvalue weighted by Gasteiger charge is -2.10. The Hall–Kier alpha value is -1.92. The fraction of sp³-hybridized carbons (Fsp3) is 0.231. The molecule has 20 heavy (non-hydrogen) atoms. The van der Waals surface area contributed by atoms with Gasteiger partial charge in [-0.25, -0.2) is 14.4 Å². The van der Waals surface area contributed by atoms with E-state index in [1.54, 1.807) is 26.3 Å². The van der Waals surface area contributed by atoms with Crippen molar-refractivity contribution >= 4 is 28.9 Å². The van der Waals surface area contributed by atoms with Gasteiger partial charge in [-0.2, -0.15) is 0 Å². The number of hydrogen-bond acceptors (Lipinski definition) is 5. The molecule has 106 valence electrons. The molecule has 1 aromatic carbocycles. The van der Waals surface area contributed by atoms with Crippen LogP contribution in [0.1, 0.15) is 5.82 Å². The SMILES string of the molecule is CNc1cc(Nc2cc(F)cc(Cl)c2)nc(COC)n1. The fourth-order valence-corrected chi connectivity index (χ4v) is 1.88. The standard InChI is InChI=1S/C13H14ClFN4O/c1-16-11-6-12(19-13(18-11)7-20-2)17-10-4-8(14)3-9(15)5-10/h3-6H,7H2,1-2H3,(H2,16,17,18,19). The Morgan fingerprint density at radius 1 is 1.20 bits per heavy atom. The summed E-state index contributed by atoms with van der Waals surface area (Å²) in [5.74, 6) is 1.26. The quantitative estimate of drug-likeness (QED) is 0.887. The normalized spacial score (nSPS) is 10.4. The minimum atomic E-state index is -0.417. The number of benzene rings is 1. The van der Waals surface area contributed by atoms with Gasteiger partial charge in [0.25, 0.3) is 0 Å². The van der Waals surface area contributed by atoms with Gasteiger partial charge >= 0.3 is 0 Å². The Balaban J connectivity index is 2.29. The van der Waals surface area contributed by atoms with E-state index in [0.29, 0.717) is 28.2 Å². The largest absolute Gasteiger partial charge is 0.377 e. The minimum absolute atomic E-state index is 0.286. The number of ether oxygens (including phenoxy) is 1. The summed E-state index contributed by atoms with van der Waals surface area (Å²) in [4.78, 5) is 8.50. The highest BCUT2D eigenvalue weighted by atomic mass is 35.5. The molecule has 2 aromatic rings. The van der Waals surface area contributed by atoms with E-state index in [-0.39, 0.29) is 6.61 Å². The van der Waals surface area contributed by atoms with Crippen molar-refractivity contribution in [2.75, 3.05) is 24.8 Å². The van der Waals surface area contributed by atoms with Gasteiger partial charge in [0.05, 0.1) is 0 Å². The second-order valence-electron chi connectivity index (χ2n) is 4.02. The van der Waals surface area contributed by atoms with Gasteiger partial charge < -0.3 is 15.4 Å². The van der Waals surface area contributed by atoms with E-state index in [9.17, 15) is 4.39 Å². The zero-order chi connectivity index (χ0) is 14.5. The first kappa shape index (κ1) is 14.5. The van der Waals surface area contributed by atoms with Gasteiger partial charge in [-0.05, 0) is 18.2 Å². The smallest absolute Gasteiger partial charge is 0.158 e. The predicted octanol–water partition coefficient (Wildman–Crippen LogP) is 3.20. The molecule has 1 heterocycles. The van der Waals surface area contributed by atoms with Crippen LogP contribution in [0.3, 0.4) is 0 Å². The van der Waals surface area contributed by atoms with Gasteiger partial charge in [-0.1, -0.05) is 11.6 Å². The van der Waals surface area contributed by atoms with Gasteiger partial charge in [0.1, 0.15) is 24.1 Å². The molecule has 1 aromatic heterocycles. The third-order valence-corrected chi connectivity index (χ3v) is 2.66. The molecule has 0 aliphatic carbocycles. The van der Waals surface area contributed by atoms with E-state index in [1.165, 1.54) is 12.1 Å². The molecule has 0 amide bonds. The molecule has 0 saturated heterocycles. The lowest BCUT2D eigenvalue weighted by Crippen LogP contribution is -2.04. The first-order valence-corrected chi connectivity index (χ1v) is 6.26. The van der Waals surface area contributed by atoms with Crippen molar-refractivity contribution in [1.82, 2.24) is 9.97 Å². The van der Waals surface area contributed by atoms with Crippen molar-refractivity contribution < 1.29 is 9.13 Å². The molecule has 7 heteroatoms. The average Bonchev–Trinajstić information content (AvgIpc) is 2.37. The summed E-state index contributed by atoms with van der Waals surface area (Å²) in [5.41, 5.74) is 0.513. The molecule has 0 aliphatic heterocycles. The third-order valence-electron chi connectivity index (χ3n) is 2.44. The lowest BCUT2D eigenvalue weighted by atomic mass is 10.3. The van der Waals surface area contributed by atoms with E-state index in [2.05, 4.69) is 20.6 Å². The van der Waals surface area contributed by atoms with Crippen molar-refractivity contribution in [3.8, 4) is 0 Å². The molecular weight excluding hydrogens is 283 g/mol. The Kier molecular flexibility index (Phi) is 4.70. The van der Waals surface area contributed by atoms with Crippen LogP contribution < -0.4 is 10.6 Å². The van der Waals surface area contributed by atoms with Gasteiger partial charge in [-0.3, -0.25) is 0 Å². The van der Waals surface area contributed by atoms with E-state index >= 15 is 0 Å². The van der Waals surface area contributed by atoms with E-state index in [1.807, 2.05) is 0 Å². The maximum Gasteiger partial charge on any atom is 0.158 e. The van der Waals surface area contributed by atoms with Crippen LogP contribution in [0.15, 0.2) is 24.3 Å². The van der Waals surface area contributed by atoms with Crippen molar-refractivity contribution in [2.24, 2.45) is 0 Å². The number of hydrogen-bond donors (Lipinski definition) is 2. The molecule has 0 unspecified atom stereocenters. The molecular formula is C13H14ClFN4O. The zero-order valence-corrected chi connectivity index (χ0v) is 11.8. The first-order valence-electron chi connectivity index (χ1n) is 5.88. The first-order chi connectivity index (χ1) is 9.60. The number of aromatic nitrogens is 2. The van der Waals surface area contributed by atoms with Crippen LogP contribution in [-0.4, -0.2) is 24.1 Å². The van der Waals surface area contributed by atoms with Gasteiger partial charge in [0.15, 0.2) is 5.82 Å². The highest BCUT2D eigenvalue weighted by Gasteiger charge is 2.06. The number of rotatable bonds is 5. The monoisotopic (exact) mass is 296 g/mol. The number of nitrogens with zero attached hydrogens (tertiary/aromatic N) is 2. The van der Waals surface area contributed by atoms with Gasteiger partial charge in [-0.15, -0.1) is 0 Å². The minimum Gasteiger partial charge on any atom is -0.377 e. The Morgan fingerprint density at radius 2 is 1.95 bits per heavy atom. The van der Waals surface area contributed by atoms with Crippen LogP contribution >= 0.6 is 11.6 Å². The molecule has 0 aliphatic rings. The Morgan fingerprint density at radius 3 is 2.60 bits per heavy atom. The second-order valence-corrected chi connectivity index (χ2v) is 4.46. The highest BCUT2D eigenvalue weighted by molar-refractivity contribution is 6.30. The van der Waals surface area contributed by atoms with Gasteiger partial charge in [0.2, 0.25) is 0 Å². The van der Waals surface area contributed by atoms with Crippen LogP contribution in [0.4, 0.5) is 21.7 Å². The molecule has 0 atom stereocenters. The summed E-state index contributed by atoms with van der Waals surface area (Å²) < 4.78 is 18.3. The van der Waals surface area contributed by atoms with E-state index in [0.717, 1.165) is 0 Å². The molecule has 0 radical (unpaired) electrons. The highest BCUT2D eigenvalue weighted by Crippen LogP contribution is 2.22. The number of anilines is 3. The molecule has 2 rings (SSSR count). The number of nitrogens with one attached hydrogen (secondary N) is 2. The van der Waals surface area contributed by atoms with E-state index in [4.69, 9.17) is 16.3 Å². The zero-order valence-electron chi connectivity index (χ0n) is 11.1. The van der Waals surface area contributed by atoms with Crippen LogP contribution in [0, 0.1) is 5.82 Å². The molecule has 0 fully saturated rings. The Bertz CT molecular complexity index is 589. The van der Waals surface area contributed by atoms with Crippen LogP contribution in [0.2, 0.25) is 5.02 Å². The molecule has 5 nitrogen and oxygen atoms in total. The van der Waals surface area contributed by atoms with Gasteiger partial charge in [0, 0.05) is 30.9 Å². The third kappa shape index (κ3) is 3.79. The van der Waals surface area contributed by atoms with Crippen molar-refractivity contribution in [3.63, 3.8) is 0 Å². The number of methoxy groups -OCH3 is 1. The average molecular weight is 297 g/mol. The van der Waals surface area contributed by atoms with Crippen molar-refractivity contribution in [3.05, 3.63) is 40.9 Å². The second kappa shape index (κ2) is 6.49. The molecule has 0 bridgehead atoms. The molecule has 2 N–H and O–H groups in total. The van der Waals surface area contributed by atoms with Crippen molar-refractivity contribution in [2.45, 2.75) is 6.61 Å². The molecule has 0 spiro atoms. The topological polar surface area (TPSA) is 59.1 Å². The van der Waals surface area contributed by atoms with Crippen LogP contribution in [0.25, 0.3) is 0 Å². The van der Waals surface area contributed by atoms with Crippen LogP contribution in [0.5, 0.6) is 0 Å². The summed E-state index contributed by atoms with van der Waals surface area (Å²) in [6.07, 6.45) is 0. The molecule has 0 saturated carbocycles. The Labute approximate surface area is 121 Å². The predicted molar refractivity (Wildman–Crippen MR) is 77.0 cm³/mol.